The van der Waals surface area contributed by atoms with E-state index in [1.165, 1.54) is 0 Å². The standard InChI is InChI=1S/C13H23NO4/c1-13(2,18-3)8-14-11(15)9-5-4-6-10(7-9)12(16)17/h9-10H,4-8H2,1-3H3,(H,14,15)(H,16,17). The van der Waals surface area contributed by atoms with Crippen molar-refractivity contribution in [2.24, 2.45) is 11.8 Å². The second-order valence-electron chi connectivity index (χ2n) is 5.58. The summed E-state index contributed by atoms with van der Waals surface area (Å²) in [6.07, 6.45) is 2.73. The van der Waals surface area contributed by atoms with Gasteiger partial charge in [-0.05, 0) is 33.1 Å². The van der Waals surface area contributed by atoms with Crippen molar-refractivity contribution < 1.29 is 19.4 Å². The van der Waals surface area contributed by atoms with E-state index >= 15 is 0 Å². The lowest BCUT2D eigenvalue weighted by Gasteiger charge is -2.28. The van der Waals surface area contributed by atoms with Gasteiger partial charge in [-0.3, -0.25) is 9.59 Å². The van der Waals surface area contributed by atoms with Gasteiger partial charge >= 0.3 is 5.97 Å². The van der Waals surface area contributed by atoms with Gasteiger partial charge in [0.2, 0.25) is 5.91 Å². The third-order valence-electron chi connectivity index (χ3n) is 3.64. The van der Waals surface area contributed by atoms with Gasteiger partial charge in [0.15, 0.2) is 0 Å². The zero-order valence-corrected chi connectivity index (χ0v) is 11.4. The van der Waals surface area contributed by atoms with Crippen LogP contribution in [0.1, 0.15) is 39.5 Å². The van der Waals surface area contributed by atoms with E-state index in [0.717, 1.165) is 12.8 Å². The molecule has 0 radical (unpaired) electrons. The molecule has 0 spiro atoms. The number of aliphatic carboxylic acids is 1. The Kier molecular flexibility index (Phi) is 5.14. The zero-order chi connectivity index (χ0) is 13.8. The highest BCUT2D eigenvalue weighted by molar-refractivity contribution is 5.80. The van der Waals surface area contributed by atoms with Crippen molar-refractivity contribution in [1.29, 1.82) is 0 Å². The number of amides is 1. The van der Waals surface area contributed by atoms with Crippen LogP contribution in [0, 0.1) is 11.8 Å². The molecule has 0 heterocycles. The molecule has 1 aliphatic rings. The van der Waals surface area contributed by atoms with E-state index in [1.54, 1.807) is 7.11 Å². The fourth-order valence-electron chi connectivity index (χ4n) is 2.17. The van der Waals surface area contributed by atoms with Gasteiger partial charge < -0.3 is 15.2 Å². The summed E-state index contributed by atoms with van der Waals surface area (Å²) in [6.45, 7) is 4.24. The summed E-state index contributed by atoms with van der Waals surface area (Å²) in [6, 6.07) is 0. The molecule has 5 heteroatoms. The quantitative estimate of drug-likeness (QED) is 0.781. The minimum absolute atomic E-state index is 0.0499. The molecule has 5 nitrogen and oxygen atoms in total. The second-order valence-corrected chi connectivity index (χ2v) is 5.58. The number of hydrogen-bond acceptors (Lipinski definition) is 3. The first-order chi connectivity index (χ1) is 8.35. The molecular weight excluding hydrogens is 234 g/mol. The number of ether oxygens (including phenoxy) is 1. The second kappa shape index (κ2) is 6.18. The van der Waals surface area contributed by atoms with Crippen molar-refractivity contribution in [3.8, 4) is 0 Å². The van der Waals surface area contributed by atoms with Crippen molar-refractivity contribution >= 4 is 11.9 Å². The number of carboxylic acids is 1. The van der Waals surface area contributed by atoms with E-state index in [4.69, 9.17) is 9.84 Å². The molecular formula is C13H23NO4. The minimum atomic E-state index is -0.787. The van der Waals surface area contributed by atoms with Crippen LogP contribution in [0.2, 0.25) is 0 Å². The van der Waals surface area contributed by atoms with Gasteiger partial charge in [0, 0.05) is 19.6 Å². The maximum Gasteiger partial charge on any atom is 0.306 e. The minimum Gasteiger partial charge on any atom is -0.481 e. The summed E-state index contributed by atoms with van der Waals surface area (Å²) >= 11 is 0. The Morgan fingerprint density at radius 2 is 1.94 bits per heavy atom. The van der Waals surface area contributed by atoms with Crippen LogP contribution < -0.4 is 5.32 Å². The number of methoxy groups -OCH3 is 1. The molecule has 0 aromatic heterocycles. The molecule has 0 bridgehead atoms. The van der Waals surface area contributed by atoms with E-state index in [9.17, 15) is 9.59 Å². The van der Waals surface area contributed by atoms with Crippen molar-refractivity contribution in [3.63, 3.8) is 0 Å². The number of carboxylic acid groups (broad SMARTS) is 1. The maximum atomic E-state index is 12.0. The van der Waals surface area contributed by atoms with Crippen molar-refractivity contribution in [3.05, 3.63) is 0 Å². The number of carbonyl (C=O) groups excluding carboxylic acids is 1. The Morgan fingerprint density at radius 1 is 1.33 bits per heavy atom. The van der Waals surface area contributed by atoms with Gasteiger partial charge in [0.1, 0.15) is 0 Å². The number of nitrogens with one attached hydrogen (secondary N) is 1. The van der Waals surface area contributed by atoms with Crippen LogP contribution in [0.4, 0.5) is 0 Å². The molecule has 0 saturated heterocycles. The number of hydrogen-bond donors (Lipinski definition) is 2. The number of rotatable bonds is 5. The Labute approximate surface area is 108 Å². The highest BCUT2D eigenvalue weighted by Crippen LogP contribution is 2.29. The molecule has 2 unspecified atom stereocenters. The molecule has 2 N–H and O–H groups in total. The van der Waals surface area contributed by atoms with Crippen LogP contribution in [0.5, 0.6) is 0 Å². The summed E-state index contributed by atoms with van der Waals surface area (Å²) in [5.41, 5.74) is -0.392. The summed E-state index contributed by atoms with van der Waals surface area (Å²) in [7, 11) is 1.60. The topological polar surface area (TPSA) is 75.6 Å². The molecule has 0 aliphatic heterocycles. The first-order valence-corrected chi connectivity index (χ1v) is 6.41. The van der Waals surface area contributed by atoms with Crippen molar-refractivity contribution in [2.45, 2.75) is 45.1 Å². The Morgan fingerprint density at radius 3 is 2.50 bits per heavy atom. The largest absolute Gasteiger partial charge is 0.481 e. The molecule has 2 atom stereocenters. The molecule has 1 rings (SSSR count). The molecule has 18 heavy (non-hydrogen) atoms. The SMILES string of the molecule is COC(C)(C)CNC(=O)C1CCCC(C(=O)O)C1. The van der Waals surface area contributed by atoms with Gasteiger partial charge in [-0.25, -0.2) is 0 Å². The van der Waals surface area contributed by atoms with Crippen LogP contribution in [-0.4, -0.2) is 36.2 Å². The zero-order valence-electron chi connectivity index (χ0n) is 11.4. The van der Waals surface area contributed by atoms with Gasteiger partial charge in [-0.1, -0.05) is 6.42 Å². The van der Waals surface area contributed by atoms with Crippen LogP contribution in [0.25, 0.3) is 0 Å². The average Bonchev–Trinajstić information content (AvgIpc) is 2.36. The Balaban J connectivity index is 2.44. The lowest BCUT2D eigenvalue weighted by molar-refractivity contribution is -0.144. The van der Waals surface area contributed by atoms with E-state index in [0.29, 0.717) is 19.4 Å². The monoisotopic (exact) mass is 257 g/mol. The fourth-order valence-corrected chi connectivity index (χ4v) is 2.17. The van der Waals surface area contributed by atoms with Crippen LogP contribution in [0.3, 0.4) is 0 Å². The molecule has 1 amide bonds. The van der Waals surface area contributed by atoms with Crippen molar-refractivity contribution in [1.82, 2.24) is 5.32 Å². The molecule has 0 aromatic carbocycles. The highest BCUT2D eigenvalue weighted by Gasteiger charge is 2.31. The predicted molar refractivity (Wildman–Crippen MR) is 67.2 cm³/mol. The van der Waals surface area contributed by atoms with E-state index in [1.807, 2.05) is 13.8 Å². The van der Waals surface area contributed by atoms with Gasteiger partial charge in [-0.15, -0.1) is 0 Å². The Bertz CT molecular complexity index is 314. The number of carbonyl (C=O) groups is 2. The first kappa shape index (κ1) is 15.0. The lowest BCUT2D eigenvalue weighted by atomic mass is 9.81. The fraction of sp³-hybridized carbons (Fsp3) is 0.846. The van der Waals surface area contributed by atoms with Crippen LogP contribution >= 0.6 is 0 Å². The first-order valence-electron chi connectivity index (χ1n) is 6.41. The smallest absolute Gasteiger partial charge is 0.306 e. The van der Waals surface area contributed by atoms with Crippen molar-refractivity contribution in [2.75, 3.05) is 13.7 Å². The molecule has 1 aliphatic carbocycles. The van der Waals surface area contributed by atoms with Gasteiger partial charge in [0.25, 0.3) is 0 Å². The molecule has 0 aromatic rings. The summed E-state index contributed by atoms with van der Waals surface area (Å²) in [4.78, 5) is 22.9. The average molecular weight is 257 g/mol. The summed E-state index contributed by atoms with van der Waals surface area (Å²) < 4.78 is 5.23. The Hall–Kier alpha value is -1.10. The maximum absolute atomic E-state index is 12.0. The summed E-state index contributed by atoms with van der Waals surface area (Å²) in [5.74, 6) is -1.38. The third kappa shape index (κ3) is 4.29. The van der Waals surface area contributed by atoms with E-state index < -0.39 is 11.6 Å². The predicted octanol–water partition coefficient (Wildman–Crippen LogP) is 1.42. The molecule has 104 valence electrons. The van der Waals surface area contributed by atoms with E-state index in [2.05, 4.69) is 5.32 Å². The third-order valence-corrected chi connectivity index (χ3v) is 3.64. The van der Waals surface area contributed by atoms with E-state index in [-0.39, 0.29) is 17.7 Å². The normalized spacial score (nSPS) is 24.6. The molecule has 1 fully saturated rings. The lowest BCUT2D eigenvalue weighted by Crippen LogP contribution is -2.43. The van der Waals surface area contributed by atoms with Gasteiger partial charge in [-0.2, -0.15) is 0 Å². The summed E-state index contributed by atoms with van der Waals surface area (Å²) in [5, 5.41) is 11.8. The van der Waals surface area contributed by atoms with Crippen LogP contribution in [0.15, 0.2) is 0 Å². The van der Waals surface area contributed by atoms with Gasteiger partial charge in [0.05, 0.1) is 11.5 Å². The molecule has 1 saturated carbocycles. The van der Waals surface area contributed by atoms with Crippen LogP contribution in [-0.2, 0) is 14.3 Å². The highest BCUT2D eigenvalue weighted by atomic mass is 16.5.